The Morgan fingerprint density at radius 1 is 1.26 bits per heavy atom. The number of carbonyl (C=O) groups is 5. The van der Waals surface area contributed by atoms with E-state index in [1.807, 2.05) is 0 Å². The van der Waals surface area contributed by atoms with Crippen LogP contribution in [0.4, 0.5) is 0 Å². The first-order chi connectivity index (χ1) is 12.5. The van der Waals surface area contributed by atoms with E-state index in [0.29, 0.717) is 12.8 Å². The summed E-state index contributed by atoms with van der Waals surface area (Å²) in [5.74, 6) is -4.30. The maximum Gasteiger partial charge on any atom is 0.326 e. The molecule has 1 aliphatic heterocycles. The molecule has 0 radical (unpaired) electrons. The SMILES string of the molecule is CC(O)C(N)C(=O)NCC(=O)N1CCCC1C(=O)NC(CC(N)=O)C(=O)O. The molecule has 0 saturated carbocycles. The Morgan fingerprint density at radius 3 is 2.41 bits per heavy atom. The third kappa shape index (κ3) is 6.49. The number of primary amides is 1. The molecule has 1 heterocycles. The van der Waals surface area contributed by atoms with Gasteiger partial charge in [0.1, 0.15) is 18.1 Å². The molecule has 0 aromatic carbocycles. The fourth-order valence-corrected chi connectivity index (χ4v) is 2.61. The zero-order chi connectivity index (χ0) is 20.7. The number of aliphatic hydroxyl groups excluding tert-OH is 1. The molecule has 4 unspecified atom stereocenters. The number of hydrogen-bond donors (Lipinski definition) is 6. The summed E-state index contributed by atoms with van der Waals surface area (Å²) in [4.78, 5) is 59.6. The maximum atomic E-state index is 12.3. The fourth-order valence-electron chi connectivity index (χ4n) is 2.61. The van der Waals surface area contributed by atoms with Gasteiger partial charge in [0.25, 0.3) is 0 Å². The number of nitrogens with one attached hydrogen (secondary N) is 2. The molecule has 1 fully saturated rings. The zero-order valence-electron chi connectivity index (χ0n) is 14.9. The van der Waals surface area contributed by atoms with Gasteiger partial charge in [-0.15, -0.1) is 0 Å². The van der Waals surface area contributed by atoms with Gasteiger partial charge in [0.05, 0.1) is 19.1 Å². The van der Waals surface area contributed by atoms with Crippen molar-refractivity contribution in [3.05, 3.63) is 0 Å². The van der Waals surface area contributed by atoms with E-state index in [1.165, 1.54) is 11.8 Å². The Hall–Kier alpha value is -2.73. The van der Waals surface area contributed by atoms with Gasteiger partial charge in [-0.2, -0.15) is 0 Å². The van der Waals surface area contributed by atoms with Crippen LogP contribution < -0.4 is 22.1 Å². The number of rotatable bonds is 9. The van der Waals surface area contributed by atoms with E-state index >= 15 is 0 Å². The van der Waals surface area contributed by atoms with Gasteiger partial charge in [-0.05, 0) is 19.8 Å². The van der Waals surface area contributed by atoms with E-state index < -0.39 is 66.8 Å². The van der Waals surface area contributed by atoms with Crippen LogP contribution in [0.3, 0.4) is 0 Å². The molecular weight excluding hydrogens is 362 g/mol. The van der Waals surface area contributed by atoms with Gasteiger partial charge in [-0.25, -0.2) is 4.79 Å². The molecular formula is C15H25N5O7. The standard InChI is InChI=1S/C15H25N5O7/c1-7(21)12(17)14(25)18-6-11(23)20-4-2-3-9(20)13(24)19-8(15(26)27)5-10(16)22/h7-9,12,21H,2-6,17H2,1H3,(H2,16,22)(H,18,25)(H,19,24)(H,26,27). The van der Waals surface area contributed by atoms with E-state index in [4.69, 9.17) is 16.6 Å². The molecule has 8 N–H and O–H groups in total. The number of aliphatic carboxylic acids is 1. The monoisotopic (exact) mass is 387 g/mol. The number of nitrogens with two attached hydrogens (primary N) is 2. The lowest BCUT2D eigenvalue weighted by Crippen LogP contribution is -2.54. The van der Waals surface area contributed by atoms with Crippen molar-refractivity contribution in [1.29, 1.82) is 0 Å². The second-order valence-corrected chi connectivity index (χ2v) is 6.30. The molecule has 0 aromatic heterocycles. The van der Waals surface area contributed by atoms with Crippen molar-refractivity contribution < 1.29 is 34.2 Å². The predicted molar refractivity (Wildman–Crippen MR) is 90.8 cm³/mol. The third-order valence-electron chi connectivity index (χ3n) is 4.13. The van der Waals surface area contributed by atoms with Crippen LogP contribution in [0.1, 0.15) is 26.2 Å². The number of hydrogen-bond acceptors (Lipinski definition) is 7. The number of amides is 4. The second kappa shape index (κ2) is 9.83. The Balaban J connectivity index is 2.67. The van der Waals surface area contributed by atoms with Crippen molar-refractivity contribution in [3.8, 4) is 0 Å². The van der Waals surface area contributed by atoms with Crippen molar-refractivity contribution in [1.82, 2.24) is 15.5 Å². The highest BCUT2D eigenvalue weighted by atomic mass is 16.4. The van der Waals surface area contributed by atoms with Crippen LogP contribution in [0.25, 0.3) is 0 Å². The third-order valence-corrected chi connectivity index (χ3v) is 4.13. The lowest BCUT2D eigenvalue weighted by atomic mass is 10.1. The zero-order valence-corrected chi connectivity index (χ0v) is 14.9. The highest BCUT2D eigenvalue weighted by Gasteiger charge is 2.36. The average Bonchev–Trinajstić information content (AvgIpc) is 3.07. The van der Waals surface area contributed by atoms with Gasteiger partial charge in [0.15, 0.2) is 0 Å². The summed E-state index contributed by atoms with van der Waals surface area (Å²) >= 11 is 0. The summed E-state index contributed by atoms with van der Waals surface area (Å²) in [6, 6.07) is -3.61. The number of carbonyl (C=O) groups excluding carboxylic acids is 4. The normalized spacial score (nSPS) is 19.7. The van der Waals surface area contributed by atoms with E-state index in [0.717, 1.165) is 0 Å². The minimum Gasteiger partial charge on any atom is -0.480 e. The largest absolute Gasteiger partial charge is 0.480 e. The van der Waals surface area contributed by atoms with Crippen molar-refractivity contribution in [3.63, 3.8) is 0 Å². The molecule has 0 spiro atoms. The van der Waals surface area contributed by atoms with E-state index in [2.05, 4.69) is 10.6 Å². The molecule has 27 heavy (non-hydrogen) atoms. The lowest BCUT2D eigenvalue weighted by Gasteiger charge is -2.25. The highest BCUT2D eigenvalue weighted by Crippen LogP contribution is 2.17. The molecule has 0 aliphatic carbocycles. The summed E-state index contributed by atoms with van der Waals surface area (Å²) < 4.78 is 0. The van der Waals surface area contributed by atoms with Gasteiger partial charge in [0.2, 0.25) is 23.6 Å². The van der Waals surface area contributed by atoms with Gasteiger partial charge < -0.3 is 37.2 Å². The van der Waals surface area contributed by atoms with Crippen LogP contribution >= 0.6 is 0 Å². The molecule has 12 nitrogen and oxygen atoms in total. The van der Waals surface area contributed by atoms with Crippen molar-refractivity contribution in [2.75, 3.05) is 13.1 Å². The smallest absolute Gasteiger partial charge is 0.326 e. The molecule has 1 saturated heterocycles. The van der Waals surface area contributed by atoms with Gasteiger partial charge in [0, 0.05) is 6.54 Å². The number of likely N-dealkylation sites (tertiary alicyclic amines) is 1. The van der Waals surface area contributed by atoms with E-state index in [9.17, 15) is 29.1 Å². The number of aliphatic hydroxyl groups is 1. The minimum absolute atomic E-state index is 0.253. The number of carboxylic acid groups (broad SMARTS) is 1. The van der Waals surface area contributed by atoms with E-state index in [1.54, 1.807) is 0 Å². The Labute approximate surface area is 155 Å². The molecule has 152 valence electrons. The average molecular weight is 387 g/mol. The summed E-state index contributed by atoms with van der Waals surface area (Å²) in [5.41, 5.74) is 10.4. The maximum absolute atomic E-state index is 12.3. The topological polar surface area (TPSA) is 205 Å². The Bertz CT molecular complexity index is 609. The molecule has 0 aromatic rings. The number of nitrogens with zero attached hydrogens (tertiary/aromatic N) is 1. The molecule has 1 rings (SSSR count). The summed E-state index contributed by atoms with van der Waals surface area (Å²) in [6.45, 7) is 1.16. The quantitative estimate of drug-likeness (QED) is 0.231. The van der Waals surface area contributed by atoms with Crippen molar-refractivity contribution in [2.45, 2.75) is 50.4 Å². The van der Waals surface area contributed by atoms with Crippen LogP contribution in [0, 0.1) is 0 Å². The molecule has 1 aliphatic rings. The predicted octanol–water partition coefficient (Wildman–Crippen LogP) is -3.75. The van der Waals surface area contributed by atoms with Crippen LogP contribution in [0.15, 0.2) is 0 Å². The summed E-state index contributed by atoms with van der Waals surface area (Å²) in [7, 11) is 0. The van der Waals surface area contributed by atoms with Crippen LogP contribution in [-0.2, 0) is 24.0 Å². The summed E-state index contributed by atoms with van der Waals surface area (Å²) in [5, 5.41) is 22.8. The summed E-state index contributed by atoms with van der Waals surface area (Å²) in [6.07, 6.45) is -0.849. The molecule has 4 atom stereocenters. The van der Waals surface area contributed by atoms with Crippen LogP contribution in [0.2, 0.25) is 0 Å². The van der Waals surface area contributed by atoms with Crippen LogP contribution in [0.5, 0.6) is 0 Å². The highest BCUT2D eigenvalue weighted by molar-refractivity contribution is 5.94. The number of carboxylic acids is 1. The second-order valence-electron chi connectivity index (χ2n) is 6.30. The van der Waals surface area contributed by atoms with Gasteiger partial charge in [-0.1, -0.05) is 0 Å². The van der Waals surface area contributed by atoms with E-state index in [-0.39, 0.29) is 6.54 Å². The van der Waals surface area contributed by atoms with Gasteiger partial charge >= 0.3 is 5.97 Å². The fraction of sp³-hybridized carbons (Fsp3) is 0.667. The van der Waals surface area contributed by atoms with Crippen molar-refractivity contribution >= 4 is 29.6 Å². The first-order valence-electron chi connectivity index (χ1n) is 8.37. The molecule has 0 bridgehead atoms. The van der Waals surface area contributed by atoms with Gasteiger partial charge in [-0.3, -0.25) is 19.2 Å². The van der Waals surface area contributed by atoms with Crippen LogP contribution in [-0.4, -0.2) is 82.0 Å². The molecule has 12 heteroatoms. The lowest BCUT2D eigenvalue weighted by molar-refractivity contribution is -0.145. The first kappa shape index (κ1) is 22.3. The molecule has 4 amide bonds. The minimum atomic E-state index is -1.49. The first-order valence-corrected chi connectivity index (χ1v) is 8.37. The van der Waals surface area contributed by atoms with Crippen molar-refractivity contribution in [2.24, 2.45) is 11.5 Å². The Kier molecular flexibility index (Phi) is 8.12. The Morgan fingerprint density at radius 2 is 1.89 bits per heavy atom.